The molecule has 1 aromatic heterocycles. The molecule has 2 aliphatic heterocycles. The summed E-state index contributed by atoms with van der Waals surface area (Å²) in [6.07, 6.45) is 11.5. The highest BCUT2D eigenvalue weighted by atomic mass is 16.2. The lowest BCUT2D eigenvalue weighted by Crippen LogP contribution is -2.28. The van der Waals surface area contributed by atoms with E-state index in [-0.39, 0.29) is 11.8 Å². The van der Waals surface area contributed by atoms with Crippen molar-refractivity contribution < 1.29 is 9.59 Å². The molecule has 1 N–H and O–H groups in total. The number of pyridine rings is 1. The van der Waals surface area contributed by atoms with E-state index < -0.39 is 5.66 Å². The molecule has 2 amide bonds. The maximum Gasteiger partial charge on any atom is 0.259 e. The maximum atomic E-state index is 12.7. The molecule has 2 aromatic rings. The van der Waals surface area contributed by atoms with Gasteiger partial charge < -0.3 is 10.2 Å². The zero-order valence-electron chi connectivity index (χ0n) is 16.0. The van der Waals surface area contributed by atoms with Gasteiger partial charge in [-0.1, -0.05) is 0 Å². The number of rotatable bonds is 7. The first-order valence-corrected chi connectivity index (χ1v) is 9.62. The van der Waals surface area contributed by atoms with Crippen LogP contribution in [0.1, 0.15) is 41.6 Å². The summed E-state index contributed by atoms with van der Waals surface area (Å²) in [5.41, 5.74) is 2.76. The maximum absolute atomic E-state index is 12.7. The molecule has 7 nitrogen and oxygen atoms in total. The predicted octanol–water partition coefficient (Wildman–Crippen LogP) is 3.58. The Balaban J connectivity index is 1.36. The van der Waals surface area contributed by atoms with Gasteiger partial charge in [0.05, 0.1) is 5.56 Å². The number of hydrogen-bond donors (Lipinski definition) is 1. The van der Waals surface area contributed by atoms with E-state index in [0.717, 1.165) is 23.4 Å². The second-order valence-corrected chi connectivity index (χ2v) is 7.23. The molecular weight excluding hydrogens is 366 g/mol. The lowest BCUT2D eigenvalue weighted by Gasteiger charge is -2.17. The summed E-state index contributed by atoms with van der Waals surface area (Å²) < 4.78 is 0. The van der Waals surface area contributed by atoms with Crippen LogP contribution >= 0.6 is 0 Å². The molecular formula is C22H21N5O2. The first kappa shape index (κ1) is 18.8. The van der Waals surface area contributed by atoms with Crippen LogP contribution in [0.5, 0.6) is 0 Å². The van der Waals surface area contributed by atoms with Crippen molar-refractivity contribution in [3.63, 3.8) is 0 Å². The molecule has 0 fully saturated rings. The van der Waals surface area contributed by atoms with E-state index in [4.69, 9.17) is 6.42 Å². The summed E-state index contributed by atoms with van der Waals surface area (Å²) in [6.45, 7) is 0.612. The zero-order valence-corrected chi connectivity index (χ0v) is 16.0. The Bertz CT molecular complexity index is 1000. The quantitative estimate of drug-likeness (QED) is 0.737. The number of benzene rings is 1. The molecule has 0 radical (unpaired) electrons. The minimum atomic E-state index is -0.450. The van der Waals surface area contributed by atoms with Gasteiger partial charge in [-0.05, 0) is 42.3 Å². The molecule has 0 unspecified atom stereocenters. The van der Waals surface area contributed by atoms with E-state index >= 15 is 0 Å². The third kappa shape index (κ3) is 4.16. The summed E-state index contributed by atoms with van der Waals surface area (Å²) >= 11 is 0. The van der Waals surface area contributed by atoms with Crippen LogP contribution in [0.2, 0.25) is 0 Å². The molecule has 0 bridgehead atoms. The van der Waals surface area contributed by atoms with E-state index in [1.165, 1.54) is 0 Å². The highest BCUT2D eigenvalue weighted by molar-refractivity contribution is 6.07. The van der Waals surface area contributed by atoms with Gasteiger partial charge in [0.2, 0.25) is 5.91 Å². The number of aromatic nitrogens is 1. The van der Waals surface area contributed by atoms with Gasteiger partial charge in [0.1, 0.15) is 0 Å². The molecule has 0 spiro atoms. The highest BCUT2D eigenvalue weighted by Crippen LogP contribution is 2.37. The molecule has 2 aliphatic rings. The summed E-state index contributed by atoms with van der Waals surface area (Å²) in [4.78, 5) is 30.8. The zero-order chi connectivity index (χ0) is 20.3. The van der Waals surface area contributed by atoms with Crippen molar-refractivity contribution in [1.29, 1.82) is 0 Å². The normalized spacial score (nSPS) is 15.5. The lowest BCUT2D eigenvalue weighted by atomic mass is 10.0. The Morgan fingerprint density at radius 2 is 2.10 bits per heavy atom. The number of amides is 2. The number of anilines is 2. The SMILES string of the molecule is C#CCCC1(CCC(=O)Nc2ccc3c(c2)CCN3C(=O)c2cccnc2)N=N1. The van der Waals surface area contributed by atoms with Crippen LogP contribution in [0.4, 0.5) is 11.4 Å². The smallest absolute Gasteiger partial charge is 0.259 e. The fraction of sp³-hybridized carbons (Fsp3) is 0.318. The third-order valence-corrected chi connectivity index (χ3v) is 5.22. The average Bonchev–Trinajstić information content (AvgIpc) is 3.40. The number of fused-ring (bicyclic) bond motifs is 1. The second-order valence-electron chi connectivity index (χ2n) is 7.23. The minimum absolute atomic E-state index is 0.0668. The fourth-order valence-electron chi connectivity index (χ4n) is 3.54. The van der Waals surface area contributed by atoms with Crippen LogP contribution in [-0.2, 0) is 11.2 Å². The highest BCUT2D eigenvalue weighted by Gasteiger charge is 2.39. The summed E-state index contributed by atoms with van der Waals surface area (Å²) in [7, 11) is 0. The van der Waals surface area contributed by atoms with Gasteiger partial charge in [0.15, 0.2) is 5.66 Å². The van der Waals surface area contributed by atoms with Crippen molar-refractivity contribution >= 4 is 23.2 Å². The number of carbonyl (C=O) groups excluding carboxylic acids is 2. The molecule has 0 saturated carbocycles. The molecule has 1 aromatic carbocycles. The summed E-state index contributed by atoms with van der Waals surface area (Å²) in [6, 6.07) is 9.15. The van der Waals surface area contributed by atoms with Gasteiger partial charge in [-0.15, -0.1) is 12.3 Å². The van der Waals surface area contributed by atoms with Crippen LogP contribution in [-0.4, -0.2) is 29.0 Å². The monoisotopic (exact) mass is 387 g/mol. The molecule has 29 heavy (non-hydrogen) atoms. The van der Waals surface area contributed by atoms with Crippen LogP contribution in [0, 0.1) is 12.3 Å². The van der Waals surface area contributed by atoms with Crippen LogP contribution in [0.25, 0.3) is 0 Å². The largest absolute Gasteiger partial charge is 0.326 e. The lowest BCUT2D eigenvalue weighted by molar-refractivity contribution is -0.116. The number of hydrogen-bond acceptors (Lipinski definition) is 5. The molecule has 146 valence electrons. The van der Waals surface area contributed by atoms with Gasteiger partial charge >= 0.3 is 0 Å². The van der Waals surface area contributed by atoms with Gasteiger partial charge in [-0.3, -0.25) is 14.6 Å². The standard InChI is InChI=1S/C22H21N5O2/c1-2-3-10-22(25-26-22)11-8-20(28)24-18-6-7-19-16(14-18)9-13-27(19)21(29)17-5-4-12-23-15-17/h1,4-7,12,14-15H,3,8-11,13H2,(H,24,28). The molecule has 0 saturated heterocycles. The molecule has 0 aliphatic carbocycles. The van der Waals surface area contributed by atoms with E-state index in [1.54, 1.807) is 29.4 Å². The van der Waals surface area contributed by atoms with Crippen molar-refractivity contribution in [1.82, 2.24) is 4.98 Å². The Morgan fingerprint density at radius 3 is 2.83 bits per heavy atom. The first-order chi connectivity index (χ1) is 14.1. The van der Waals surface area contributed by atoms with E-state index in [1.807, 2.05) is 18.2 Å². The predicted molar refractivity (Wildman–Crippen MR) is 110 cm³/mol. The van der Waals surface area contributed by atoms with Gasteiger partial charge in [-0.2, -0.15) is 10.2 Å². The number of nitrogens with zero attached hydrogens (tertiary/aromatic N) is 4. The van der Waals surface area contributed by atoms with Crippen LogP contribution < -0.4 is 10.2 Å². The number of nitrogens with one attached hydrogen (secondary N) is 1. The minimum Gasteiger partial charge on any atom is -0.326 e. The molecule has 7 heteroatoms. The topological polar surface area (TPSA) is 87.0 Å². The molecule has 4 rings (SSSR count). The number of terminal acetylenes is 1. The first-order valence-electron chi connectivity index (χ1n) is 9.62. The third-order valence-electron chi connectivity index (χ3n) is 5.22. The fourth-order valence-corrected chi connectivity index (χ4v) is 3.54. The van der Waals surface area contributed by atoms with E-state index in [2.05, 4.69) is 26.4 Å². The molecule has 0 atom stereocenters. The van der Waals surface area contributed by atoms with E-state index in [9.17, 15) is 9.59 Å². The van der Waals surface area contributed by atoms with Gasteiger partial charge in [-0.25, -0.2) is 0 Å². The summed E-state index contributed by atoms with van der Waals surface area (Å²) in [5, 5.41) is 11.0. The summed E-state index contributed by atoms with van der Waals surface area (Å²) in [5.74, 6) is 2.44. The Morgan fingerprint density at radius 1 is 1.24 bits per heavy atom. The van der Waals surface area contributed by atoms with Crippen molar-refractivity contribution in [3.05, 3.63) is 53.9 Å². The Hall–Kier alpha value is -3.53. The van der Waals surface area contributed by atoms with Crippen molar-refractivity contribution in [2.75, 3.05) is 16.8 Å². The van der Waals surface area contributed by atoms with Gasteiger partial charge in [0.25, 0.3) is 5.91 Å². The second kappa shape index (κ2) is 7.84. The van der Waals surface area contributed by atoms with Crippen LogP contribution in [0.3, 0.4) is 0 Å². The number of carbonyl (C=O) groups is 2. The van der Waals surface area contributed by atoms with Crippen molar-refractivity contribution in [2.24, 2.45) is 10.2 Å². The Kier molecular flexibility index (Phi) is 5.09. The van der Waals surface area contributed by atoms with Crippen molar-refractivity contribution in [2.45, 2.75) is 37.8 Å². The van der Waals surface area contributed by atoms with Gasteiger partial charge in [0, 0.05) is 56.0 Å². The van der Waals surface area contributed by atoms with E-state index in [0.29, 0.717) is 37.8 Å². The van der Waals surface area contributed by atoms with Crippen LogP contribution in [0.15, 0.2) is 53.0 Å². The average molecular weight is 387 g/mol. The molecule has 3 heterocycles. The Labute approximate surface area is 169 Å². The van der Waals surface area contributed by atoms with Crippen molar-refractivity contribution in [3.8, 4) is 12.3 Å².